The molecular formula is C24H22Cl2N6O3. The van der Waals surface area contributed by atoms with Crippen LogP contribution in [0.15, 0.2) is 47.4 Å². The smallest absolute Gasteiger partial charge is 0.230 e. The Kier molecular flexibility index (Phi) is 5.93. The molecule has 2 saturated heterocycles. The molecule has 0 radical (unpaired) electrons. The molecule has 0 atom stereocenters. The Morgan fingerprint density at radius 1 is 1.09 bits per heavy atom. The molecule has 6 rings (SSSR count). The predicted octanol–water partition coefficient (Wildman–Crippen LogP) is 3.65. The van der Waals surface area contributed by atoms with E-state index in [0.29, 0.717) is 48.7 Å². The first-order chi connectivity index (χ1) is 17.1. The summed E-state index contributed by atoms with van der Waals surface area (Å²) in [7, 11) is 0. The fourth-order valence-electron chi connectivity index (χ4n) is 4.55. The Labute approximate surface area is 211 Å². The van der Waals surface area contributed by atoms with Gasteiger partial charge in [-0.15, -0.1) is 0 Å². The predicted molar refractivity (Wildman–Crippen MR) is 130 cm³/mol. The summed E-state index contributed by atoms with van der Waals surface area (Å²) in [6.45, 7) is 4.63. The maximum atomic E-state index is 12.6. The Morgan fingerprint density at radius 3 is 2.60 bits per heavy atom. The Balaban J connectivity index is 1.34. The van der Waals surface area contributed by atoms with Gasteiger partial charge < -0.3 is 18.6 Å². The highest BCUT2D eigenvalue weighted by atomic mass is 35.5. The van der Waals surface area contributed by atoms with Gasteiger partial charge in [0, 0.05) is 55.1 Å². The average molecular weight is 513 g/mol. The molecule has 1 amide bonds. The van der Waals surface area contributed by atoms with Gasteiger partial charge in [-0.1, -0.05) is 28.4 Å². The molecule has 2 aliphatic heterocycles. The summed E-state index contributed by atoms with van der Waals surface area (Å²) in [4.78, 5) is 26.0. The minimum atomic E-state index is 0.0162. The monoisotopic (exact) mass is 512 g/mol. The number of aromatic nitrogens is 4. The number of ether oxygens (including phenoxy) is 1. The highest BCUT2D eigenvalue weighted by Crippen LogP contribution is 2.34. The van der Waals surface area contributed by atoms with E-state index in [1.165, 1.54) is 6.39 Å². The van der Waals surface area contributed by atoms with Crippen LogP contribution in [0.25, 0.3) is 28.3 Å². The number of pyridine rings is 1. The van der Waals surface area contributed by atoms with Crippen molar-refractivity contribution in [3.63, 3.8) is 0 Å². The molecule has 4 aromatic rings. The van der Waals surface area contributed by atoms with Crippen molar-refractivity contribution in [1.82, 2.24) is 29.3 Å². The minimum absolute atomic E-state index is 0.0162. The molecular weight excluding hydrogens is 491 g/mol. The van der Waals surface area contributed by atoms with Gasteiger partial charge in [-0.2, -0.15) is 4.98 Å². The molecule has 0 bridgehead atoms. The molecule has 1 aromatic carbocycles. The van der Waals surface area contributed by atoms with Crippen molar-refractivity contribution in [3.8, 4) is 22.6 Å². The van der Waals surface area contributed by atoms with Crippen LogP contribution in [0.4, 0.5) is 0 Å². The van der Waals surface area contributed by atoms with Crippen LogP contribution in [0, 0.1) is 5.92 Å². The van der Waals surface area contributed by atoms with Crippen molar-refractivity contribution in [3.05, 3.63) is 58.7 Å². The number of carbonyl (C=O) groups excluding carboxylic acids is 1. The van der Waals surface area contributed by atoms with Gasteiger partial charge in [-0.3, -0.25) is 9.69 Å². The molecule has 0 N–H and O–H groups in total. The second kappa shape index (κ2) is 9.23. The molecule has 9 nitrogen and oxygen atoms in total. The molecule has 0 saturated carbocycles. The van der Waals surface area contributed by atoms with Gasteiger partial charge in [-0.25, -0.2) is 4.98 Å². The summed E-state index contributed by atoms with van der Waals surface area (Å²) in [5.41, 5.74) is 4.20. The van der Waals surface area contributed by atoms with Gasteiger partial charge in [0.25, 0.3) is 0 Å². The van der Waals surface area contributed by atoms with E-state index >= 15 is 0 Å². The zero-order valence-electron chi connectivity index (χ0n) is 18.7. The Morgan fingerprint density at radius 2 is 1.91 bits per heavy atom. The quantitative estimate of drug-likeness (QED) is 0.403. The van der Waals surface area contributed by atoms with Crippen LogP contribution >= 0.6 is 23.2 Å². The number of nitrogens with zero attached hydrogens (tertiary/aromatic N) is 6. The van der Waals surface area contributed by atoms with E-state index in [1.807, 2.05) is 35.4 Å². The number of amides is 1. The topological polar surface area (TPSA) is 89.0 Å². The van der Waals surface area contributed by atoms with E-state index in [9.17, 15) is 4.79 Å². The second-order valence-corrected chi connectivity index (χ2v) is 9.61. The van der Waals surface area contributed by atoms with Crippen LogP contribution in [-0.4, -0.2) is 74.6 Å². The Bertz CT molecular complexity index is 1380. The maximum absolute atomic E-state index is 12.6. The lowest BCUT2D eigenvalue weighted by Gasteiger charge is -2.38. The van der Waals surface area contributed by atoms with Crippen molar-refractivity contribution >= 4 is 34.8 Å². The van der Waals surface area contributed by atoms with E-state index in [-0.39, 0.29) is 11.8 Å². The molecule has 0 unspecified atom stereocenters. The third-order valence-electron chi connectivity index (χ3n) is 6.57. The van der Waals surface area contributed by atoms with Gasteiger partial charge in [0.2, 0.25) is 18.1 Å². The Hall–Kier alpha value is -2.98. The van der Waals surface area contributed by atoms with Crippen molar-refractivity contribution in [2.24, 2.45) is 5.92 Å². The largest absolute Gasteiger partial charge is 0.380 e. The van der Waals surface area contributed by atoms with Crippen molar-refractivity contribution in [2.75, 3.05) is 39.4 Å². The summed E-state index contributed by atoms with van der Waals surface area (Å²) in [5, 5.41) is 5.08. The standard InChI is InChI=1S/C24H22Cl2N6O3/c25-17-2-3-18(19(26)9-17)22-20(11-30-5-7-31(8-6-30)24(33)16-12-34-13-16)32-10-15(1-4-21(32)28-22)23-27-14-35-29-23/h1-4,9-10,14,16H,5-8,11-13H2. The molecule has 2 fully saturated rings. The fraction of sp³-hybridized carbons (Fsp3) is 0.333. The van der Waals surface area contributed by atoms with E-state index < -0.39 is 0 Å². The molecule has 3 aromatic heterocycles. The van der Waals surface area contributed by atoms with Crippen molar-refractivity contribution in [2.45, 2.75) is 6.54 Å². The average Bonchev–Trinajstić information content (AvgIpc) is 3.47. The van der Waals surface area contributed by atoms with Crippen LogP contribution < -0.4 is 0 Å². The summed E-state index contributed by atoms with van der Waals surface area (Å²) < 4.78 is 12.2. The third kappa shape index (κ3) is 4.29. The minimum Gasteiger partial charge on any atom is -0.380 e. The first-order valence-electron chi connectivity index (χ1n) is 11.4. The lowest BCUT2D eigenvalue weighted by atomic mass is 10.1. The summed E-state index contributed by atoms with van der Waals surface area (Å²) in [5.74, 6) is 0.719. The van der Waals surface area contributed by atoms with E-state index in [4.69, 9.17) is 37.4 Å². The molecule has 0 aliphatic carbocycles. The van der Waals surface area contributed by atoms with Crippen LogP contribution in [0.3, 0.4) is 0 Å². The van der Waals surface area contributed by atoms with Gasteiger partial charge in [-0.05, 0) is 30.3 Å². The first-order valence-corrected chi connectivity index (χ1v) is 12.1. The van der Waals surface area contributed by atoms with E-state index in [1.54, 1.807) is 6.07 Å². The summed E-state index contributed by atoms with van der Waals surface area (Å²) >= 11 is 12.7. The number of carbonyl (C=O) groups is 1. The highest BCUT2D eigenvalue weighted by molar-refractivity contribution is 6.36. The van der Waals surface area contributed by atoms with Crippen molar-refractivity contribution < 1.29 is 14.1 Å². The number of imidazole rings is 1. The number of fused-ring (bicyclic) bond motifs is 1. The van der Waals surface area contributed by atoms with Crippen LogP contribution in [0.1, 0.15) is 5.69 Å². The molecule has 2 aliphatic rings. The van der Waals surface area contributed by atoms with Gasteiger partial charge in [0.1, 0.15) is 5.65 Å². The number of piperazine rings is 1. The van der Waals surface area contributed by atoms with Crippen LogP contribution in [0.2, 0.25) is 10.0 Å². The lowest BCUT2D eigenvalue weighted by Crippen LogP contribution is -2.53. The number of hydrogen-bond donors (Lipinski definition) is 0. The SMILES string of the molecule is O=C(C1COC1)N1CCN(Cc2c(-c3ccc(Cl)cc3Cl)nc3ccc(-c4ncon4)cn23)CC1. The molecule has 35 heavy (non-hydrogen) atoms. The fourth-order valence-corrected chi connectivity index (χ4v) is 5.04. The van der Waals surface area contributed by atoms with Crippen LogP contribution in [-0.2, 0) is 16.1 Å². The van der Waals surface area contributed by atoms with E-state index in [0.717, 1.165) is 41.3 Å². The molecule has 0 spiro atoms. The number of hydrogen-bond acceptors (Lipinski definition) is 7. The molecule has 180 valence electrons. The first kappa shape index (κ1) is 22.5. The molecule has 11 heteroatoms. The normalized spacial score (nSPS) is 17.1. The lowest BCUT2D eigenvalue weighted by molar-refractivity contribution is -0.151. The summed E-state index contributed by atoms with van der Waals surface area (Å²) in [6.07, 6.45) is 3.27. The second-order valence-electron chi connectivity index (χ2n) is 8.77. The zero-order valence-corrected chi connectivity index (χ0v) is 20.2. The van der Waals surface area contributed by atoms with Gasteiger partial charge in [0.15, 0.2) is 0 Å². The summed E-state index contributed by atoms with van der Waals surface area (Å²) in [6, 6.07) is 9.29. The number of rotatable bonds is 5. The highest BCUT2D eigenvalue weighted by Gasteiger charge is 2.32. The van der Waals surface area contributed by atoms with Crippen LogP contribution in [0.5, 0.6) is 0 Å². The van der Waals surface area contributed by atoms with Crippen molar-refractivity contribution in [1.29, 1.82) is 0 Å². The number of benzene rings is 1. The molecule has 5 heterocycles. The zero-order chi connectivity index (χ0) is 23.9. The van der Waals surface area contributed by atoms with Gasteiger partial charge in [0.05, 0.1) is 35.5 Å². The number of halogens is 2. The van der Waals surface area contributed by atoms with Gasteiger partial charge >= 0.3 is 0 Å². The maximum Gasteiger partial charge on any atom is 0.230 e. The van der Waals surface area contributed by atoms with E-state index in [2.05, 4.69) is 19.4 Å². The third-order valence-corrected chi connectivity index (χ3v) is 7.12.